The number of unbranched alkanes of at least 4 members (excludes halogenated alkanes) is 1. The third-order valence-corrected chi connectivity index (χ3v) is 9.14. The molecule has 186 valence electrons. The van der Waals surface area contributed by atoms with E-state index < -0.39 is 10.0 Å². The van der Waals surface area contributed by atoms with Gasteiger partial charge in [-0.3, -0.25) is 4.31 Å². The van der Waals surface area contributed by atoms with Gasteiger partial charge in [0, 0.05) is 6.54 Å². The Bertz CT molecular complexity index is 1370. The summed E-state index contributed by atoms with van der Waals surface area (Å²) in [4.78, 5) is 2.87. The van der Waals surface area contributed by atoms with Gasteiger partial charge in [0.05, 0.1) is 10.6 Å². The van der Waals surface area contributed by atoms with Crippen LogP contribution in [0.5, 0.6) is 0 Å². The molecule has 0 N–H and O–H groups in total. The molecule has 0 aliphatic carbocycles. The number of fused-ring (bicyclic) bond motifs is 1. The molecular formula is C31H34N2O2S. The molecule has 1 aliphatic rings. The van der Waals surface area contributed by atoms with Crippen molar-refractivity contribution in [2.24, 2.45) is 0 Å². The largest absolute Gasteiger partial charge is 0.303 e. The number of hydrogen-bond acceptors (Lipinski definition) is 3. The van der Waals surface area contributed by atoms with Crippen molar-refractivity contribution < 1.29 is 8.42 Å². The second-order valence-corrected chi connectivity index (χ2v) is 11.5. The molecule has 0 amide bonds. The van der Waals surface area contributed by atoms with E-state index in [1.807, 2.05) is 42.5 Å². The normalized spacial score (nSPS) is 15.2. The average molecular weight is 499 g/mol. The van der Waals surface area contributed by atoms with Crippen LogP contribution in [0, 0.1) is 0 Å². The van der Waals surface area contributed by atoms with E-state index in [2.05, 4.69) is 41.3 Å². The molecule has 1 fully saturated rings. The Balaban J connectivity index is 1.24. The van der Waals surface area contributed by atoms with Gasteiger partial charge in [0.25, 0.3) is 10.0 Å². The molecule has 36 heavy (non-hydrogen) atoms. The average Bonchev–Trinajstić information content (AvgIpc) is 2.94. The Labute approximate surface area is 215 Å². The minimum Gasteiger partial charge on any atom is -0.303 e. The Morgan fingerprint density at radius 3 is 2.08 bits per heavy atom. The van der Waals surface area contributed by atoms with Crippen LogP contribution in [0.3, 0.4) is 0 Å². The van der Waals surface area contributed by atoms with Crippen LogP contribution in [0.15, 0.2) is 108 Å². The Morgan fingerprint density at radius 2 is 1.36 bits per heavy atom. The highest BCUT2D eigenvalue weighted by atomic mass is 32.2. The van der Waals surface area contributed by atoms with Gasteiger partial charge >= 0.3 is 0 Å². The van der Waals surface area contributed by atoms with Gasteiger partial charge in [0.15, 0.2) is 0 Å². The fourth-order valence-corrected chi connectivity index (χ4v) is 6.76. The summed E-state index contributed by atoms with van der Waals surface area (Å²) in [7, 11) is -3.65. The van der Waals surface area contributed by atoms with Crippen molar-refractivity contribution in [3.8, 4) is 0 Å². The van der Waals surface area contributed by atoms with Gasteiger partial charge < -0.3 is 4.90 Å². The van der Waals surface area contributed by atoms with E-state index in [1.165, 1.54) is 18.4 Å². The van der Waals surface area contributed by atoms with E-state index in [1.54, 1.807) is 28.6 Å². The van der Waals surface area contributed by atoms with E-state index in [-0.39, 0.29) is 0 Å². The summed E-state index contributed by atoms with van der Waals surface area (Å²) in [5.74, 6) is 0.655. The van der Waals surface area contributed by atoms with Crippen molar-refractivity contribution in [1.29, 1.82) is 0 Å². The zero-order chi connectivity index (χ0) is 24.8. The van der Waals surface area contributed by atoms with Crippen molar-refractivity contribution in [3.63, 3.8) is 0 Å². The molecule has 1 aliphatic heterocycles. The maximum absolute atomic E-state index is 13.7. The van der Waals surface area contributed by atoms with Crippen LogP contribution >= 0.6 is 0 Å². The molecule has 0 aromatic heterocycles. The molecule has 0 saturated carbocycles. The van der Waals surface area contributed by atoms with Gasteiger partial charge in [-0.05, 0) is 91.8 Å². The summed E-state index contributed by atoms with van der Waals surface area (Å²) in [5.41, 5.74) is 2.18. The van der Waals surface area contributed by atoms with Crippen LogP contribution in [0.4, 0.5) is 5.69 Å². The van der Waals surface area contributed by atoms with Gasteiger partial charge in [0.2, 0.25) is 0 Å². The number of anilines is 1. The number of piperidine rings is 1. The molecule has 0 bridgehead atoms. The minimum absolute atomic E-state index is 0.334. The topological polar surface area (TPSA) is 40.6 Å². The van der Waals surface area contributed by atoms with Crippen molar-refractivity contribution in [2.45, 2.75) is 36.5 Å². The first-order valence-corrected chi connectivity index (χ1v) is 14.4. The van der Waals surface area contributed by atoms with Crippen LogP contribution in [0.25, 0.3) is 10.8 Å². The van der Waals surface area contributed by atoms with Crippen LogP contribution in [0.2, 0.25) is 0 Å². The van der Waals surface area contributed by atoms with E-state index >= 15 is 0 Å². The maximum atomic E-state index is 13.7. The van der Waals surface area contributed by atoms with E-state index in [9.17, 15) is 8.42 Å². The van der Waals surface area contributed by atoms with Gasteiger partial charge in [-0.2, -0.15) is 0 Å². The third-order valence-electron chi connectivity index (χ3n) is 7.30. The lowest BCUT2D eigenvalue weighted by molar-refractivity contribution is 0.209. The van der Waals surface area contributed by atoms with Gasteiger partial charge in [-0.1, -0.05) is 78.9 Å². The predicted molar refractivity (Wildman–Crippen MR) is 149 cm³/mol. The monoisotopic (exact) mass is 498 g/mol. The Kier molecular flexibility index (Phi) is 7.69. The number of rotatable bonds is 9. The molecule has 4 aromatic rings. The summed E-state index contributed by atoms with van der Waals surface area (Å²) in [6.45, 7) is 3.70. The summed E-state index contributed by atoms with van der Waals surface area (Å²) >= 11 is 0. The van der Waals surface area contributed by atoms with Crippen LogP contribution in [-0.4, -0.2) is 39.5 Å². The first-order chi connectivity index (χ1) is 17.6. The molecular weight excluding hydrogens is 464 g/mol. The summed E-state index contributed by atoms with van der Waals surface area (Å²) in [5, 5.41) is 2.15. The van der Waals surface area contributed by atoms with Crippen molar-refractivity contribution in [3.05, 3.63) is 109 Å². The molecule has 0 atom stereocenters. The quantitative estimate of drug-likeness (QED) is 0.241. The van der Waals surface area contributed by atoms with Crippen LogP contribution in [-0.2, 0) is 10.0 Å². The van der Waals surface area contributed by atoms with Gasteiger partial charge in [0.1, 0.15) is 0 Å². The fourth-order valence-electron chi connectivity index (χ4n) is 5.25. The third kappa shape index (κ3) is 5.63. The van der Waals surface area contributed by atoms with Gasteiger partial charge in [-0.25, -0.2) is 8.42 Å². The molecule has 5 rings (SSSR count). The zero-order valence-corrected chi connectivity index (χ0v) is 21.5. The van der Waals surface area contributed by atoms with Crippen molar-refractivity contribution in [2.75, 3.05) is 30.5 Å². The highest BCUT2D eigenvalue weighted by Gasteiger charge is 2.25. The molecule has 0 radical (unpaired) electrons. The lowest BCUT2D eigenvalue weighted by atomic mass is 9.89. The first-order valence-electron chi connectivity index (χ1n) is 13.0. The SMILES string of the molecule is O=S(=O)(c1ccccc1)N(CCCCN1CCC(c2ccccc2)CC1)c1ccc2ccccc2c1. The molecule has 1 heterocycles. The number of benzene rings is 4. The highest BCUT2D eigenvalue weighted by Crippen LogP contribution is 2.29. The second kappa shape index (κ2) is 11.3. The van der Waals surface area contributed by atoms with Crippen molar-refractivity contribution in [1.82, 2.24) is 4.90 Å². The standard InChI is InChI=1S/C31H34N2O2S/c34-36(35,31-15-5-2-6-16-31)33(30-18-17-27-13-7-8-14-29(27)25-30)22-10-9-21-32-23-19-28(20-24-32)26-11-3-1-4-12-26/h1-8,11-18,25,28H,9-10,19-24H2. The molecule has 0 unspecified atom stereocenters. The number of nitrogens with zero attached hydrogens (tertiary/aromatic N) is 2. The Hall–Kier alpha value is -3.15. The summed E-state index contributed by atoms with van der Waals surface area (Å²) < 4.78 is 28.9. The van der Waals surface area contributed by atoms with Crippen LogP contribution < -0.4 is 4.31 Å². The van der Waals surface area contributed by atoms with E-state index in [0.29, 0.717) is 17.4 Å². The van der Waals surface area contributed by atoms with E-state index in [4.69, 9.17) is 0 Å². The minimum atomic E-state index is -3.65. The summed E-state index contributed by atoms with van der Waals surface area (Å²) in [6, 6.07) is 33.6. The van der Waals surface area contributed by atoms with Crippen LogP contribution in [0.1, 0.15) is 37.2 Å². The highest BCUT2D eigenvalue weighted by molar-refractivity contribution is 7.92. The number of likely N-dealkylation sites (tertiary alicyclic amines) is 1. The first kappa shape index (κ1) is 24.5. The molecule has 1 saturated heterocycles. The second-order valence-electron chi connectivity index (χ2n) is 9.66. The lowest BCUT2D eigenvalue weighted by Crippen LogP contribution is -2.35. The maximum Gasteiger partial charge on any atom is 0.264 e. The molecule has 0 spiro atoms. The predicted octanol–water partition coefficient (Wildman–Crippen LogP) is 6.69. The van der Waals surface area contributed by atoms with E-state index in [0.717, 1.165) is 48.9 Å². The fraction of sp³-hybridized carbons (Fsp3) is 0.290. The molecule has 5 heteroatoms. The molecule has 4 nitrogen and oxygen atoms in total. The lowest BCUT2D eigenvalue weighted by Gasteiger charge is -2.32. The molecule has 4 aromatic carbocycles. The number of hydrogen-bond donors (Lipinski definition) is 0. The van der Waals surface area contributed by atoms with Gasteiger partial charge in [-0.15, -0.1) is 0 Å². The summed E-state index contributed by atoms with van der Waals surface area (Å²) in [6.07, 6.45) is 4.17. The smallest absolute Gasteiger partial charge is 0.264 e. The van der Waals surface area contributed by atoms with Crippen molar-refractivity contribution >= 4 is 26.5 Å². The zero-order valence-electron chi connectivity index (χ0n) is 20.7. The number of sulfonamides is 1. The Morgan fingerprint density at radius 1 is 0.722 bits per heavy atom.